The van der Waals surface area contributed by atoms with Gasteiger partial charge in [0.1, 0.15) is 11.3 Å². The van der Waals surface area contributed by atoms with Crippen molar-refractivity contribution in [2.75, 3.05) is 0 Å². The van der Waals surface area contributed by atoms with E-state index in [1.165, 1.54) is 22.1 Å². The molecule has 0 aliphatic rings. The lowest BCUT2D eigenvalue weighted by Crippen LogP contribution is -2.22. The first-order chi connectivity index (χ1) is 9.04. The second kappa shape index (κ2) is 5.79. The van der Waals surface area contributed by atoms with Crippen LogP contribution in [0.2, 0.25) is 0 Å². The van der Waals surface area contributed by atoms with Gasteiger partial charge < -0.3 is 9.73 Å². The van der Waals surface area contributed by atoms with Crippen molar-refractivity contribution >= 4 is 11.0 Å². The maximum absolute atomic E-state index is 6.15. The molecule has 19 heavy (non-hydrogen) atoms. The second-order valence-electron chi connectivity index (χ2n) is 5.69. The predicted octanol–water partition coefficient (Wildman–Crippen LogP) is 4.50. The average Bonchev–Trinajstić information content (AvgIpc) is 2.72. The number of benzene rings is 1. The van der Waals surface area contributed by atoms with Crippen molar-refractivity contribution in [3.8, 4) is 0 Å². The molecule has 0 radical (unpaired) electrons. The Hall–Kier alpha value is -1.28. The number of fused-ring (bicyclic) bond motifs is 1. The number of nitrogens with one attached hydrogen (secondary N) is 1. The van der Waals surface area contributed by atoms with E-state index in [-0.39, 0.29) is 0 Å². The lowest BCUT2D eigenvalue weighted by Gasteiger charge is -2.07. The Morgan fingerprint density at radius 2 is 1.84 bits per heavy atom. The van der Waals surface area contributed by atoms with Crippen LogP contribution in [0.15, 0.2) is 16.5 Å². The predicted molar refractivity (Wildman–Crippen MR) is 81.7 cm³/mol. The molecular weight excluding hydrogens is 234 g/mol. The van der Waals surface area contributed by atoms with Crippen LogP contribution in [0.1, 0.15) is 49.6 Å². The molecule has 0 saturated carbocycles. The van der Waals surface area contributed by atoms with E-state index in [2.05, 4.69) is 52.1 Å². The largest absolute Gasteiger partial charge is 0.459 e. The van der Waals surface area contributed by atoms with Gasteiger partial charge in [-0.15, -0.1) is 0 Å². The van der Waals surface area contributed by atoms with Gasteiger partial charge in [0.05, 0.1) is 6.54 Å². The van der Waals surface area contributed by atoms with Crippen LogP contribution in [0.4, 0.5) is 0 Å². The minimum absolute atomic E-state index is 0.477. The van der Waals surface area contributed by atoms with Crippen LogP contribution in [0.3, 0.4) is 0 Å². The van der Waals surface area contributed by atoms with E-state index < -0.39 is 0 Å². The fourth-order valence-corrected chi connectivity index (χ4v) is 2.57. The monoisotopic (exact) mass is 259 g/mol. The Balaban J connectivity index is 2.53. The van der Waals surface area contributed by atoms with Crippen molar-refractivity contribution in [2.45, 2.75) is 60.0 Å². The van der Waals surface area contributed by atoms with Crippen LogP contribution in [0, 0.1) is 13.8 Å². The van der Waals surface area contributed by atoms with Gasteiger partial charge in [0.2, 0.25) is 0 Å². The SMILES string of the molecule is CCCc1c(CNC(C)C)oc2c(C)ccc(C)c12. The summed E-state index contributed by atoms with van der Waals surface area (Å²) in [5.41, 5.74) is 5.02. The lowest BCUT2D eigenvalue weighted by molar-refractivity contribution is 0.482. The molecule has 0 aliphatic carbocycles. The normalized spacial score (nSPS) is 11.7. The maximum Gasteiger partial charge on any atom is 0.137 e. The van der Waals surface area contributed by atoms with Crippen LogP contribution in [0.25, 0.3) is 11.0 Å². The molecule has 0 unspecified atom stereocenters. The summed E-state index contributed by atoms with van der Waals surface area (Å²) in [5, 5.41) is 4.80. The molecule has 2 aromatic rings. The highest BCUT2D eigenvalue weighted by atomic mass is 16.3. The summed E-state index contributed by atoms with van der Waals surface area (Å²) in [6.45, 7) is 11.7. The first-order valence-electron chi connectivity index (χ1n) is 7.28. The molecule has 2 rings (SSSR count). The minimum Gasteiger partial charge on any atom is -0.459 e. The molecule has 104 valence electrons. The summed E-state index contributed by atoms with van der Waals surface area (Å²) in [5.74, 6) is 1.11. The fourth-order valence-electron chi connectivity index (χ4n) is 2.57. The van der Waals surface area contributed by atoms with Gasteiger partial charge in [-0.3, -0.25) is 0 Å². The molecule has 1 heterocycles. The molecule has 2 nitrogen and oxygen atoms in total. The van der Waals surface area contributed by atoms with Gasteiger partial charge in [-0.1, -0.05) is 39.3 Å². The first kappa shape index (κ1) is 14.1. The van der Waals surface area contributed by atoms with E-state index in [0.717, 1.165) is 30.7 Å². The van der Waals surface area contributed by atoms with Gasteiger partial charge in [-0.2, -0.15) is 0 Å². The third-order valence-electron chi connectivity index (χ3n) is 3.60. The molecule has 0 amide bonds. The van der Waals surface area contributed by atoms with Crippen molar-refractivity contribution in [3.05, 3.63) is 34.6 Å². The van der Waals surface area contributed by atoms with Crippen LogP contribution in [-0.4, -0.2) is 6.04 Å². The lowest BCUT2D eigenvalue weighted by atomic mass is 10.00. The summed E-state index contributed by atoms with van der Waals surface area (Å²) in [7, 11) is 0. The van der Waals surface area contributed by atoms with E-state index in [1.54, 1.807) is 0 Å². The number of furan rings is 1. The molecule has 0 aliphatic heterocycles. The van der Waals surface area contributed by atoms with Crippen LogP contribution in [-0.2, 0) is 13.0 Å². The Labute approximate surface area is 116 Å². The Morgan fingerprint density at radius 3 is 2.47 bits per heavy atom. The molecule has 0 saturated heterocycles. The summed E-state index contributed by atoms with van der Waals surface area (Å²) in [6, 6.07) is 4.83. The van der Waals surface area contributed by atoms with Crippen LogP contribution >= 0.6 is 0 Å². The Kier molecular flexibility index (Phi) is 4.31. The number of hydrogen-bond acceptors (Lipinski definition) is 2. The highest BCUT2D eigenvalue weighted by molar-refractivity contribution is 5.88. The van der Waals surface area contributed by atoms with Crippen molar-refractivity contribution in [1.29, 1.82) is 0 Å². The van der Waals surface area contributed by atoms with Crippen molar-refractivity contribution in [2.24, 2.45) is 0 Å². The van der Waals surface area contributed by atoms with E-state index in [1.807, 2.05) is 0 Å². The van der Waals surface area contributed by atoms with E-state index in [9.17, 15) is 0 Å². The number of aryl methyl sites for hydroxylation is 3. The van der Waals surface area contributed by atoms with E-state index >= 15 is 0 Å². The summed E-state index contributed by atoms with van der Waals surface area (Å²) >= 11 is 0. The molecule has 1 N–H and O–H groups in total. The maximum atomic E-state index is 6.15. The quantitative estimate of drug-likeness (QED) is 0.855. The van der Waals surface area contributed by atoms with E-state index in [4.69, 9.17) is 4.42 Å². The minimum atomic E-state index is 0.477. The van der Waals surface area contributed by atoms with Gasteiger partial charge in [0.15, 0.2) is 0 Å². The fraction of sp³-hybridized carbons (Fsp3) is 0.529. The third kappa shape index (κ3) is 2.84. The molecule has 1 aromatic carbocycles. The average molecular weight is 259 g/mol. The van der Waals surface area contributed by atoms with Crippen molar-refractivity contribution in [3.63, 3.8) is 0 Å². The number of hydrogen-bond donors (Lipinski definition) is 1. The smallest absolute Gasteiger partial charge is 0.137 e. The molecular formula is C17H25NO. The molecule has 0 atom stereocenters. The molecule has 0 bridgehead atoms. The molecule has 1 aromatic heterocycles. The summed E-state index contributed by atoms with van der Waals surface area (Å²) in [6.07, 6.45) is 2.24. The van der Waals surface area contributed by atoms with Gasteiger partial charge in [0, 0.05) is 17.0 Å². The zero-order valence-corrected chi connectivity index (χ0v) is 12.8. The van der Waals surface area contributed by atoms with Gasteiger partial charge in [0.25, 0.3) is 0 Å². The van der Waals surface area contributed by atoms with Gasteiger partial charge in [-0.25, -0.2) is 0 Å². The van der Waals surface area contributed by atoms with Crippen molar-refractivity contribution in [1.82, 2.24) is 5.32 Å². The second-order valence-corrected chi connectivity index (χ2v) is 5.69. The zero-order chi connectivity index (χ0) is 14.0. The van der Waals surface area contributed by atoms with Crippen molar-refractivity contribution < 1.29 is 4.42 Å². The Bertz CT molecular complexity index is 566. The third-order valence-corrected chi connectivity index (χ3v) is 3.60. The summed E-state index contributed by atoms with van der Waals surface area (Å²) < 4.78 is 6.15. The Morgan fingerprint density at radius 1 is 1.16 bits per heavy atom. The van der Waals surface area contributed by atoms with Crippen LogP contribution < -0.4 is 5.32 Å². The molecule has 0 fully saturated rings. The van der Waals surface area contributed by atoms with Gasteiger partial charge in [-0.05, 0) is 31.4 Å². The zero-order valence-electron chi connectivity index (χ0n) is 12.8. The standard InChI is InChI=1S/C17H25NO/c1-6-7-14-15(10-18-11(2)3)19-17-13(5)9-8-12(4)16(14)17/h8-9,11,18H,6-7,10H2,1-5H3. The molecule has 2 heteroatoms. The molecule has 0 spiro atoms. The van der Waals surface area contributed by atoms with Crippen LogP contribution in [0.5, 0.6) is 0 Å². The first-order valence-corrected chi connectivity index (χ1v) is 7.28. The number of rotatable bonds is 5. The highest BCUT2D eigenvalue weighted by Crippen LogP contribution is 2.32. The van der Waals surface area contributed by atoms with E-state index in [0.29, 0.717) is 6.04 Å². The highest BCUT2D eigenvalue weighted by Gasteiger charge is 2.16. The topological polar surface area (TPSA) is 25.2 Å². The van der Waals surface area contributed by atoms with Gasteiger partial charge >= 0.3 is 0 Å². The summed E-state index contributed by atoms with van der Waals surface area (Å²) in [4.78, 5) is 0.